The number of anilines is 1. The topological polar surface area (TPSA) is 71.5 Å². The Morgan fingerprint density at radius 3 is 3.10 bits per heavy atom. The van der Waals surface area contributed by atoms with Crippen LogP contribution in [0.5, 0.6) is 0 Å². The maximum absolute atomic E-state index is 12.2. The van der Waals surface area contributed by atoms with E-state index in [4.69, 9.17) is 4.74 Å². The zero-order valence-corrected chi connectivity index (χ0v) is 13.2. The molecule has 21 heavy (non-hydrogen) atoms. The Labute approximate surface area is 128 Å². The highest BCUT2D eigenvalue weighted by atomic mass is 32.1. The van der Waals surface area contributed by atoms with Gasteiger partial charge in [0.15, 0.2) is 5.13 Å². The van der Waals surface area contributed by atoms with Crippen molar-refractivity contribution in [3.63, 3.8) is 0 Å². The fourth-order valence-electron chi connectivity index (χ4n) is 2.47. The molecule has 1 aromatic rings. The molecule has 0 aliphatic carbocycles. The third-order valence-corrected chi connectivity index (χ3v) is 4.35. The number of nitrogens with zero attached hydrogens (tertiary/aromatic N) is 2. The minimum Gasteiger partial charge on any atom is -0.466 e. The van der Waals surface area contributed by atoms with Crippen molar-refractivity contribution < 1.29 is 14.3 Å². The average Bonchev–Trinajstić information content (AvgIpc) is 2.99. The second-order valence-corrected chi connectivity index (χ2v) is 5.98. The van der Waals surface area contributed by atoms with Gasteiger partial charge in [0.2, 0.25) is 5.91 Å². The molecular weight excluding hydrogens is 290 g/mol. The van der Waals surface area contributed by atoms with E-state index >= 15 is 0 Å². The van der Waals surface area contributed by atoms with Gasteiger partial charge >= 0.3 is 5.97 Å². The standard InChI is InChI=1S/C14H21N3O3S/c1-3-20-13(19)11-5-4-7-17(9-11)10(2)12(18)16-14-15-6-8-21-14/h6,8,10-11H,3-5,7,9H2,1-2H3,(H,15,16,18)/t10-,11+/m0/s1. The molecule has 1 N–H and O–H groups in total. The first-order valence-electron chi connectivity index (χ1n) is 7.22. The Bertz CT molecular complexity index is 478. The summed E-state index contributed by atoms with van der Waals surface area (Å²) in [7, 11) is 0. The smallest absolute Gasteiger partial charge is 0.310 e. The largest absolute Gasteiger partial charge is 0.466 e. The zero-order chi connectivity index (χ0) is 15.2. The molecule has 0 spiro atoms. The molecule has 0 unspecified atom stereocenters. The number of thiazole rings is 1. The van der Waals surface area contributed by atoms with Gasteiger partial charge in [-0.15, -0.1) is 11.3 Å². The first-order chi connectivity index (χ1) is 10.1. The summed E-state index contributed by atoms with van der Waals surface area (Å²) < 4.78 is 5.08. The molecule has 0 bridgehead atoms. The molecule has 2 rings (SSSR count). The normalized spacial score (nSPS) is 20.8. The van der Waals surface area contributed by atoms with E-state index in [1.807, 2.05) is 24.1 Å². The molecule has 0 saturated carbocycles. The van der Waals surface area contributed by atoms with Crippen molar-refractivity contribution in [2.24, 2.45) is 5.92 Å². The van der Waals surface area contributed by atoms with Gasteiger partial charge in [0.1, 0.15) is 0 Å². The predicted octanol–water partition coefficient (Wildman–Crippen LogP) is 1.75. The number of amides is 1. The van der Waals surface area contributed by atoms with Crippen molar-refractivity contribution in [1.29, 1.82) is 0 Å². The molecular formula is C14H21N3O3S. The van der Waals surface area contributed by atoms with Crippen molar-refractivity contribution in [1.82, 2.24) is 9.88 Å². The Morgan fingerprint density at radius 2 is 2.43 bits per heavy atom. The van der Waals surface area contributed by atoms with Gasteiger partial charge < -0.3 is 10.1 Å². The first-order valence-corrected chi connectivity index (χ1v) is 8.10. The van der Waals surface area contributed by atoms with Crippen molar-refractivity contribution in [3.05, 3.63) is 11.6 Å². The van der Waals surface area contributed by atoms with Crippen LogP contribution in [-0.2, 0) is 14.3 Å². The zero-order valence-electron chi connectivity index (χ0n) is 12.4. The van der Waals surface area contributed by atoms with Gasteiger partial charge in [-0.3, -0.25) is 14.5 Å². The van der Waals surface area contributed by atoms with Gasteiger partial charge in [-0.2, -0.15) is 0 Å². The summed E-state index contributed by atoms with van der Waals surface area (Å²) in [5.41, 5.74) is 0. The Hall–Kier alpha value is -1.47. The Morgan fingerprint density at radius 1 is 1.62 bits per heavy atom. The number of likely N-dealkylation sites (tertiary alicyclic amines) is 1. The van der Waals surface area contributed by atoms with Crippen LogP contribution >= 0.6 is 11.3 Å². The van der Waals surface area contributed by atoms with Crippen LogP contribution < -0.4 is 5.32 Å². The molecule has 0 radical (unpaired) electrons. The average molecular weight is 311 g/mol. The van der Waals surface area contributed by atoms with Crippen LogP contribution in [0.25, 0.3) is 0 Å². The van der Waals surface area contributed by atoms with E-state index in [1.165, 1.54) is 11.3 Å². The van der Waals surface area contributed by atoms with Gasteiger partial charge in [-0.1, -0.05) is 0 Å². The highest BCUT2D eigenvalue weighted by molar-refractivity contribution is 7.13. The Kier molecular flexibility index (Phi) is 5.69. The summed E-state index contributed by atoms with van der Waals surface area (Å²) in [6, 6.07) is -0.286. The summed E-state index contributed by atoms with van der Waals surface area (Å²) >= 11 is 1.39. The molecule has 2 atom stereocenters. The monoisotopic (exact) mass is 311 g/mol. The lowest BCUT2D eigenvalue weighted by molar-refractivity contribution is -0.150. The van der Waals surface area contributed by atoms with Crippen LogP contribution in [0.15, 0.2) is 11.6 Å². The number of hydrogen-bond acceptors (Lipinski definition) is 6. The second kappa shape index (κ2) is 7.51. The van der Waals surface area contributed by atoms with E-state index in [9.17, 15) is 9.59 Å². The van der Waals surface area contributed by atoms with Gasteiger partial charge in [-0.05, 0) is 33.2 Å². The predicted molar refractivity (Wildman–Crippen MR) is 81.1 cm³/mol. The number of carbonyl (C=O) groups is 2. The molecule has 1 saturated heterocycles. The molecule has 1 aromatic heterocycles. The molecule has 7 heteroatoms. The van der Waals surface area contributed by atoms with Crippen LogP contribution in [0.4, 0.5) is 5.13 Å². The van der Waals surface area contributed by atoms with Crippen LogP contribution in [-0.4, -0.2) is 47.5 Å². The summed E-state index contributed by atoms with van der Waals surface area (Å²) in [5.74, 6) is -0.377. The van der Waals surface area contributed by atoms with Crippen LogP contribution in [0.1, 0.15) is 26.7 Å². The lowest BCUT2D eigenvalue weighted by Crippen LogP contribution is -2.48. The van der Waals surface area contributed by atoms with Crippen LogP contribution in [0.3, 0.4) is 0 Å². The number of aromatic nitrogens is 1. The van der Waals surface area contributed by atoms with Crippen LogP contribution in [0.2, 0.25) is 0 Å². The third-order valence-electron chi connectivity index (χ3n) is 3.66. The lowest BCUT2D eigenvalue weighted by Gasteiger charge is -2.34. The van der Waals surface area contributed by atoms with E-state index in [2.05, 4.69) is 10.3 Å². The quantitative estimate of drug-likeness (QED) is 0.839. The van der Waals surface area contributed by atoms with E-state index in [1.54, 1.807) is 6.20 Å². The van der Waals surface area contributed by atoms with Gasteiger partial charge in [0.05, 0.1) is 18.6 Å². The fraction of sp³-hybridized carbons (Fsp3) is 0.643. The Balaban J connectivity index is 1.90. The molecule has 0 aromatic carbocycles. The van der Waals surface area contributed by atoms with Crippen molar-refractivity contribution >= 4 is 28.3 Å². The molecule has 6 nitrogen and oxygen atoms in total. The molecule has 2 heterocycles. The summed E-state index contributed by atoms with van der Waals surface area (Å²) in [5, 5.41) is 5.22. The minimum absolute atomic E-state index is 0.0885. The number of nitrogens with one attached hydrogen (secondary N) is 1. The molecule has 1 amide bonds. The van der Waals surface area contributed by atoms with Gasteiger partial charge in [0.25, 0.3) is 0 Å². The highest BCUT2D eigenvalue weighted by Crippen LogP contribution is 2.20. The molecule has 1 aliphatic rings. The molecule has 1 aliphatic heterocycles. The highest BCUT2D eigenvalue weighted by Gasteiger charge is 2.31. The van der Waals surface area contributed by atoms with E-state index in [-0.39, 0.29) is 23.8 Å². The van der Waals surface area contributed by atoms with E-state index in [0.29, 0.717) is 18.3 Å². The minimum atomic E-state index is -0.286. The third kappa shape index (κ3) is 4.25. The number of rotatable bonds is 5. The number of esters is 1. The fourth-order valence-corrected chi connectivity index (χ4v) is 3.00. The maximum Gasteiger partial charge on any atom is 0.310 e. The lowest BCUT2D eigenvalue weighted by atomic mass is 9.97. The molecule has 116 valence electrons. The number of hydrogen-bond donors (Lipinski definition) is 1. The summed E-state index contributed by atoms with van der Waals surface area (Å²) in [6.45, 7) is 5.46. The SMILES string of the molecule is CCOC(=O)[C@@H]1CCCN([C@@H](C)C(=O)Nc2nccs2)C1. The molecule has 1 fully saturated rings. The maximum atomic E-state index is 12.2. The first kappa shape index (κ1) is 15.9. The van der Waals surface area contributed by atoms with Gasteiger partial charge in [0, 0.05) is 18.1 Å². The number of carbonyl (C=O) groups excluding carboxylic acids is 2. The van der Waals surface area contributed by atoms with Crippen LogP contribution in [0, 0.1) is 5.92 Å². The van der Waals surface area contributed by atoms with E-state index in [0.717, 1.165) is 19.4 Å². The van der Waals surface area contributed by atoms with Gasteiger partial charge in [-0.25, -0.2) is 4.98 Å². The summed E-state index contributed by atoms with van der Waals surface area (Å²) in [4.78, 5) is 30.1. The van der Waals surface area contributed by atoms with Crippen molar-refractivity contribution in [3.8, 4) is 0 Å². The number of ether oxygens (including phenoxy) is 1. The van der Waals surface area contributed by atoms with E-state index < -0.39 is 0 Å². The van der Waals surface area contributed by atoms with Crippen molar-refractivity contribution in [2.75, 3.05) is 25.0 Å². The number of piperidine rings is 1. The van der Waals surface area contributed by atoms with Crippen molar-refractivity contribution in [2.45, 2.75) is 32.7 Å². The summed E-state index contributed by atoms with van der Waals surface area (Å²) in [6.07, 6.45) is 3.39. The second-order valence-electron chi connectivity index (χ2n) is 5.09.